The van der Waals surface area contributed by atoms with Crippen LogP contribution in [0.1, 0.15) is 33.3 Å². The third-order valence-corrected chi connectivity index (χ3v) is 4.54. The van der Waals surface area contributed by atoms with Gasteiger partial charge in [0.05, 0.1) is 4.90 Å². The smallest absolute Gasteiger partial charge is 0.240 e. The molecule has 1 rings (SSSR count). The summed E-state index contributed by atoms with van der Waals surface area (Å²) in [7, 11) is -1.66. The molecule has 1 aromatic carbocycles. The number of nitrogens with one attached hydrogen (secondary N) is 2. The molecule has 0 aliphatic heterocycles. The Hall–Kier alpha value is -0.620. The molecule has 0 aliphatic rings. The molecule has 1 unspecified atom stereocenters. The number of likely N-dealkylation sites (N-methyl/N-ethyl adjacent to an activating group) is 1. The average Bonchev–Trinajstić information content (AvgIpc) is 2.35. The summed E-state index contributed by atoms with van der Waals surface area (Å²) in [5, 5.41) is 3.01. The molecule has 0 radical (unpaired) electrons. The number of hydrogen-bond donors (Lipinski definition) is 2. The van der Waals surface area contributed by atoms with Crippen LogP contribution in [0.15, 0.2) is 29.2 Å². The van der Waals surface area contributed by atoms with Crippen LogP contribution >= 0.6 is 12.4 Å². The van der Waals surface area contributed by atoms with Crippen LogP contribution in [0.25, 0.3) is 0 Å². The highest BCUT2D eigenvalue weighted by Gasteiger charge is 2.25. The van der Waals surface area contributed by atoms with Gasteiger partial charge in [-0.25, -0.2) is 13.1 Å². The zero-order chi connectivity index (χ0) is 14.7. The van der Waals surface area contributed by atoms with Crippen molar-refractivity contribution in [3.8, 4) is 0 Å². The van der Waals surface area contributed by atoms with Crippen LogP contribution < -0.4 is 10.0 Å². The highest BCUT2D eigenvalue weighted by Crippen LogP contribution is 2.28. The van der Waals surface area contributed by atoms with Crippen LogP contribution in [0.5, 0.6) is 0 Å². The van der Waals surface area contributed by atoms with Crippen molar-refractivity contribution in [3.63, 3.8) is 0 Å². The predicted octanol–water partition coefficient (Wildman–Crippen LogP) is 2.29. The first-order chi connectivity index (χ1) is 8.68. The minimum atomic E-state index is -3.47. The Kier molecular flexibility index (Phi) is 7.18. The lowest BCUT2D eigenvalue weighted by Gasteiger charge is -2.23. The summed E-state index contributed by atoms with van der Waals surface area (Å²) in [4.78, 5) is 0.366. The molecular formula is C14H25ClN2O2S. The maximum Gasteiger partial charge on any atom is 0.240 e. The van der Waals surface area contributed by atoms with E-state index in [4.69, 9.17) is 0 Å². The second-order valence-corrected chi connectivity index (χ2v) is 7.52. The van der Waals surface area contributed by atoms with Gasteiger partial charge in [-0.2, -0.15) is 0 Å². The number of rotatable bonds is 5. The van der Waals surface area contributed by atoms with E-state index in [9.17, 15) is 8.42 Å². The fraction of sp³-hybridized carbons (Fsp3) is 0.571. The minimum Gasteiger partial charge on any atom is -0.316 e. The molecule has 6 heteroatoms. The summed E-state index contributed by atoms with van der Waals surface area (Å²) in [6, 6.07) is 7.25. The highest BCUT2D eigenvalue weighted by molar-refractivity contribution is 7.89. The van der Waals surface area contributed by atoms with Crippen LogP contribution in [0, 0.1) is 0 Å². The average molecular weight is 321 g/mol. The predicted molar refractivity (Wildman–Crippen MR) is 86.1 cm³/mol. The second-order valence-electron chi connectivity index (χ2n) is 5.79. The van der Waals surface area contributed by atoms with E-state index in [1.165, 1.54) is 0 Å². The van der Waals surface area contributed by atoms with Gasteiger partial charge in [-0.3, -0.25) is 0 Å². The molecule has 4 nitrogen and oxygen atoms in total. The quantitative estimate of drug-likeness (QED) is 0.875. The monoisotopic (exact) mass is 320 g/mol. The van der Waals surface area contributed by atoms with Crippen molar-refractivity contribution in [2.45, 2.75) is 44.0 Å². The zero-order valence-electron chi connectivity index (χ0n) is 12.7. The van der Waals surface area contributed by atoms with E-state index in [1.807, 2.05) is 46.9 Å². The molecule has 116 valence electrons. The molecule has 0 fully saturated rings. The second kappa shape index (κ2) is 7.41. The minimum absolute atomic E-state index is 0. The normalized spacial score (nSPS) is 13.7. The maximum atomic E-state index is 12.4. The Morgan fingerprint density at radius 2 is 1.75 bits per heavy atom. The van der Waals surface area contributed by atoms with Crippen molar-refractivity contribution in [2.75, 3.05) is 13.6 Å². The van der Waals surface area contributed by atoms with Gasteiger partial charge in [0.15, 0.2) is 0 Å². The SMILES string of the molecule is CNC(C)CNS(=O)(=O)c1ccccc1C(C)(C)C.Cl. The molecule has 1 aromatic rings. The molecule has 0 amide bonds. The Labute approximate surface area is 128 Å². The topological polar surface area (TPSA) is 58.2 Å². The molecule has 0 bridgehead atoms. The molecule has 2 N–H and O–H groups in total. The largest absolute Gasteiger partial charge is 0.316 e. The number of hydrogen-bond acceptors (Lipinski definition) is 3. The van der Waals surface area contributed by atoms with Crippen LogP contribution in [-0.2, 0) is 15.4 Å². The number of halogens is 1. The van der Waals surface area contributed by atoms with E-state index >= 15 is 0 Å². The van der Waals surface area contributed by atoms with Gasteiger partial charge >= 0.3 is 0 Å². The van der Waals surface area contributed by atoms with Crippen LogP contribution in [0.4, 0.5) is 0 Å². The molecule has 0 heterocycles. The van der Waals surface area contributed by atoms with Gasteiger partial charge in [-0.15, -0.1) is 12.4 Å². The fourth-order valence-corrected chi connectivity index (χ4v) is 3.28. The number of benzene rings is 1. The fourth-order valence-electron chi connectivity index (χ4n) is 1.74. The first kappa shape index (κ1) is 19.4. The summed E-state index contributed by atoms with van der Waals surface area (Å²) < 4.78 is 27.4. The third kappa shape index (κ3) is 5.05. The summed E-state index contributed by atoms with van der Waals surface area (Å²) in [5.41, 5.74) is 0.625. The van der Waals surface area contributed by atoms with Crippen molar-refractivity contribution in [1.29, 1.82) is 0 Å². The molecule has 0 aliphatic carbocycles. The van der Waals surface area contributed by atoms with Gasteiger partial charge in [0.25, 0.3) is 0 Å². The van der Waals surface area contributed by atoms with Gasteiger partial charge in [0, 0.05) is 12.6 Å². The Morgan fingerprint density at radius 3 is 2.25 bits per heavy atom. The van der Waals surface area contributed by atoms with E-state index < -0.39 is 10.0 Å². The van der Waals surface area contributed by atoms with Gasteiger partial charge in [-0.1, -0.05) is 39.0 Å². The first-order valence-corrected chi connectivity index (χ1v) is 7.93. The molecule has 0 aromatic heterocycles. The zero-order valence-corrected chi connectivity index (χ0v) is 14.4. The van der Waals surface area contributed by atoms with Crippen molar-refractivity contribution >= 4 is 22.4 Å². The van der Waals surface area contributed by atoms with Crippen molar-refractivity contribution in [2.24, 2.45) is 0 Å². The summed E-state index contributed by atoms with van der Waals surface area (Å²) in [6.07, 6.45) is 0. The van der Waals surface area contributed by atoms with Gasteiger partial charge in [0.1, 0.15) is 0 Å². The molecular weight excluding hydrogens is 296 g/mol. The van der Waals surface area contributed by atoms with E-state index in [-0.39, 0.29) is 23.9 Å². The first-order valence-electron chi connectivity index (χ1n) is 6.45. The van der Waals surface area contributed by atoms with Gasteiger partial charge in [0.2, 0.25) is 10.0 Å². The summed E-state index contributed by atoms with van der Waals surface area (Å²) >= 11 is 0. The van der Waals surface area contributed by atoms with Crippen molar-refractivity contribution in [1.82, 2.24) is 10.0 Å². The summed E-state index contributed by atoms with van der Waals surface area (Å²) in [6.45, 7) is 8.34. The van der Waals surface area contributed by atoms with E-state index in [0.717, 1.165) is 5.56 Å². The molecule has 0 saturated carbocycles. The molecule has 1 atom stereocenters. The maximum absolute atomic E-state index is 12.4. The molecule has 0 spiro atoms. The highest BCUT2D eigenvalue weighted by atomic mass is 35.5. The van der Waals surface area contributed by atoms with Crippen molar-refractivity contribution in [3.05, 3.63) is 29.8 Å². The van der Waals surface area contributed by atoms with Crippen molar-refractivity contribution < 1.29 is 8.42 Å². The van der Waals surface area contributed by atoms with E-state index in [2.05, 4.69) is 10.0 Å². The van der Waals surface area contributed by atoms with Gasteiger partial charge < -0.3 is 5.32 Å². The van der Waals surface area contributed by atoms with E-state index in [1.54, 1.807) is 12.1 Å². The Bertz CT molecular complexity index is 524. The van der Waals surface area contributed by atoms with Crippen LogP contribution in [0.3, 0.4) is 0 Å². The third-order valence-electron chi connectivity index (χ3n) is 3.06. The van der Waals surface area contributed by atoms with Crippen LogP contribution in [-0.4, -0.2) is 28.1 Å². The Balaban J connectivity index is 0.00000361. The Morgan fingerprint density at radius 1 is 1.20 bits per heavy atom. The lowest BCUT2D eigenvalue weighted by Crippen LogP contribution is -2.37. The molecule has 20 heavy (non-hydrogen) atoms. The lowest BCUT2D eigenvalue weighted by molar-refractivity contribution is 0.541. The lowest BCUT2D eigenvalue weighted by atomic mass is 9.87. The molecule has 0 saturated heterocycles. The summed E-state index contributed by atoms with van der Waals surface area (Å²) in [5.74, 6) is 0. The standard InChI is InChI=1S/C14H24N2O2S.ClH/c1-11(15-5)10-16-19(17,18)13-9-7-6-8-12(13)14(2,3)4;/h6-9,11,15-16H,10H2,1-5H3;1H. The number of sulfonamides is 1. The van der Waals surface area contributed by atoms with Crippen LogP contribution in [0.2, 0.25) is 0 Å². The van der Waals surface area contributed by atoms with E-state index in [0.29, 0.717) is 11.4 Å². The van der Waals surface area contributed by atoms with Gasteiger partial charge in [-0.05, 0) is 31.0 Å².